The van der Waals surface area contributed by atoms with E-state index in [1.165, 1.54) is 0 Å². The third-order valence-electron chi connectivity index (χ3n) is 3.27. The van der Waals surface area contributed by atoms with Gasteiger partial charge in [0.25, 0.3) is 0 Å². The third-order valence-corrected chi connectivity index (χ3v) is 3.27. The van der Waals surface area contributed by atoms with Crippen molar-refractivity contribution in [2.45, 2.75) is 58.7 Å². The molecule has 0 amide bonds. The van der Waals surface area contributed by atoms with Crippen molar-refractivity contribution < 1.29 is 0 Å². The van der Waals surface area contributed by atoms with Gasteiger partial charge in [0.2, 0.25) is 0 Å². The van der Waals surface area contributed by atoms with Gasteiger partial charge >= 0.3 is 5.69 Å². The summed E-state index contributed by atoms with van der Waals surface area (Å²) in [7, 11) is 0. The molecule has 5 heteroatoms. The maximum absolute atomic E-state index is 12.2. The molecule has 106 valence electrons. The number of fused-ring (bicyclic) bond motifs is 1. The Hall–Kier alpha value is -1.36. The molecule has 0 bridgehead atoms. The van der Waals surface area contributed by atoms with E-state index in [-0.39, 0.29) is 11.2 Å². The van der Waals surface area contributed by atoms with Crippen LogP contribution in [-0.4, -0.2) is 26.4 Å². The SMILES string of the molecule is C=C(CNC(C)(C)C)Cn1nc2n(c1=O)CCCC2. The molecule has 2 heterocycles. The fourth-order valence-corrected chi connectivity index (χ4v) is 2.21. The van der Waals surface area contributed by atoms with E-state index >= 15 is 0 Å². The molecule has 0 radical (unpaired) electrons. The lowest BCUT2D eigenvalue weighted by atomic mass is 10.1. The Labute approximate surface area is 114 Å². The van der Waals surface area contributed by atoms with Gasteiger partial charge in [-0.05, 0) is 39.2 Å². The van der Waals surface area contributed by atoms with Crippen LogP contribution in [0.5, 0.6) is 0 Å². The fraction of sp³-hybridized carbons (Fsp3) is 0.714. The monoisotopic (exact) mass is 264 g/mol. The fourth-order valence-electron chi connectivity index (χ4n) is 2.21. The largest absolute Gasteiger partial charge is 0.346 e. The van der Waals surface area contributed by atoms with Gasteiger partial charge in [-0.15, -0.1) is 0 Å². The number of rotatable bonds is 4. The topological polar surface area (TPSA) is 51.9 Å². The number of aromatic nitrogens is 3. The molecule has 0 unspecified atom stereocenters. The highest BCUT2D eigenvalue weighted by atomic mass is 16.2. The Morgan fingerprint density at radius 3 is 2.79 bits per heavy atom. The molecule has 0 saturated carbocycles. The highest BCUT2D eigenvalue weighted by Crippen LogP contribution is 2.09. The molecule has 0 spiro atoms. The van der Waals surface area contributed by atoms with Crippen LogP contribution in [-0.2, 0) is 19.5 Å². The average Bonchev–Trinajstić information content (AvgIpc) is 2.64. The number of nitrogens with zero attached hydrogens (tertiary/aromatic N) is 3. The van der Waals surface area contributed by atoms with Gasteiger partial charge in [-0.3, -0.25) is 4.57 Å². The maximum atomic E-state index is 12.2. The molecule has 1 N–H and O–H groups in total. The minimum absolute atomic E-state index is 0.00612. The van der Waals surface area contributed by atoms with Gasteiger partial charge in [0.1, 0.15) is 5.82 Å². The van der Waals surface area contributed by atoms with E-state index in [9.17, 15) is 4.79 Å². The molecule has 19 heavy (non-hydrogen) atoms. The van der Waals surface area contributed by atoms with Crippen LogP contribution in [0.3, 0.4) is 0 Å². The molecule has 0 aromatic carbocycles. The van der Waals surface area contributed by atoms with Crippen molar-refractivity contribution in [2.75, 3.05) is 6.54 Å². The molecule has 5 nitrogen and oxygen atoms in total. The van der Waals surface area contributed by atoms with E-state index in [0.717, 1.165) is 37.2 Å². The smallest absolute Gasteiger partial charge is 0.308 e. The lowest BCUT2D eigenvalue weighted by Crippen LogP contribution is -2.38. The van der Waals surface area contributed by atoms with E-state index < -0.39 is 0 Å². The van der Waals surface area contributed by atoms with Crippen LogP contribution in [0, 0.1) is 0 Å². The second-order valence-corrected chi connectivity index (χ2v) is 6.32. The van der Waals surface area contributed by atoms with Crippen molar-refractivity contribution >= 4 is 0 Å². The molecule has 1 aromatic heterocycles. The van der Waals surface area contributed by atoms with Crippen LogP contribution in [0.1, 0.15) is 39.4 Å². The zero-order chi connectivity index (χ0) is 14.0. The van der Waals surface area contributed by atoms with E-state index in [2.05, 4.69) is 37.8 Å². The van der Waals surface area contributed by atoms with Gasteiger partial charge in [0.05, 0.1) is 6.54 Å². The summed E-state index contributed by atoms with van der Waals surface area (Å²) in [6, 6.07) is 0. The number of nitrogens with one attached hydrogen (secondary N) is 1. The normalized spacial score (nSPS) is 15.3. The maximum Gasteiger partial charge on any atom is 0.346 e. The Balaban J connectivity index is 2.02. The standard InChI is InChI=1S/C14H24N4O/c1-11(9-15-14(2,3)4)10-18-13(19)17-8-6-5-7-12(17)16-18/h15H,1,5-10H2,2-4H3. The van der Waals surface area contributed by atoms with Crippen molar-refractivity contribution in [1.82, 2.24) is 19.7 Å². The summed E-state index contributed by atoms with van der Waals surface area (Å²) >= 11 is 0. The minimum Gasteiger partial charge on any atom is -0.308 e. The van der Waals surface area contributed by atoms with E-state index in [1.54, 1.807) is 9.25 Å². The minimum atomic E-state index is 0.00612. The van der Waals surface area contributed by atoms with Crippen molar-refractivity contribution in [3.8, 4) is 0 Å². The molecular formula is C14H24N4O. The number of hydrogen-bond donors (Lipinski definition) is 1. The van der Waals surface area contributed by atoms with Crippen LogP contribution in [0.15, 0.2) is 16.9 Å². The zero-order valence-corrected chi connectivity index (χ0v) is 12.2. The van der Waals surface area contributed by atoms with Crippen LogP contribution in [0.25, 0.3) is 0 Å². The second kappa shape index (κ2) is 5.33. The molecule has 1 aliphatic rings. The van der Waals surface area contributed by atoms with E-state index in [4.69, 9.17) is 0 Å². The summed E-state index contributed by atoms with van der Waals surface area (Å²) in [5, 5.41) is 7.79. The van der Waals surface area contributed by atoms with Crippen molar-refractivity contribution in [3.63, 3.8) is 0 Å². The average molecular weight is 264 g/mol. The Morgan fingerprint density at radius 2 is 2.16 bits per heavy atom. The van der Waals surface area contributed by atoms with Crippen LogP contribution >= 0.6 is 0 Å². The van der Waals surface area contributed by atoms with Gasteiger partial charge in [0.15, 0.2) is 0 Å². The second-order valence-electron chi connectivity index (χ2n) is 6.32. The highest BCUT2D eigenvalue weighted by Gasteiger charge is 2.17. The lowest BCUT2D eigenvalue weighted by Gasteiger charge is -2.21. The summed E-state index contributed by atoms with van der Waals surface area (Å²) in [5.41, 5.74) is 1.04. The first-order chi connectivity index (χ1) is 8.87. The van der Waals surface area contributed by atoms with Gasteiger partial charge in [-0.25, -0.2) is 9.48 Å². The molecule has 0 fully saturated rings. The predicted octanol–water partition coefficient (Wildman–Crippen LogP) is 1.33. The summed E-state index contributed by atoms with van der Waals surface area (Å²) in [6.45, 7) is 12.4. The predicted molar refractivity (Wildman–Crippen MR) is 76.3 cm³/mol. The van der Waals surface area contributed by atoms with Gasteiger partial charge in [0, 0.05) is 25.0 Å². The molecule has 0 saturated heterocycles. The molecular weight excluding hydrogens is 240 g/mol. The molecule has 1 aromatic rings. The van der Waals surface area contributed by atoms with Crippen LogP contribution < -0.4 is 11.0 Å². The van der Waals surface area contributed by atoms with E-state index in [1.807, 2.05) is 0 Å². The van der Waals surface area contributed by atoms with Crippen LogP contribution in [0.4, 0.5) is 0 Å². The summed E-state index contributed by atoms with van der Waals surface area (Å²) in [6.07, 6.45) is 3.11. The van der Waals surface area contributed by atoms with Crippen molar-refractivity contribution in [1.29, 1.82) is 0 Å². The summed E-state index contributed by atoms with van der Waals surface area (Å²) in [4.78, 5) is 12.2. The molecule has 0 aliphatic carbocycles. The Kier molecular flexibility index (Phi) is 3.94. The van der Waals surface area contributed by atoms with Crippen molar-refractivity contribution in [3.05, 3.63) is 28.5 Å². The Morgan fingerprint density at radius 1 is 1.42 bits per heavy atom. The van der Waals surface area contributed by atoms with Crippen molar-refractivity contribution in [2.24, 2.45) is 0 Å². The van der Waals surface area contributed by atoms with Gasteiger partial charge in [-0.1, -0.05) is 6.58 Å². The highest BCUT2D eigenvalue weighted by molar-refractivity contribution is 5.00. The third kappa shape index (κ3) is 3.56. The lowest BCUT2D eigenvalue weighted by molar-refractivity contribution is 0.437. The number of hydrogen-bond acceptors (Lipinski definition) is 3. The number of aryl methyl sites for hydroxylation is 1. The van der Waals surface area contributed by atoms with Gasteiger partial charge in [-0.2, -0.15) is 5.10 Å². The van der Waals surface area contributed by atoms with Crippen LogP contribution in [0.2, 0.25) is 0 Å². The van der Waals surface area contributed by atoms with Gasteiger partial charge < -0.3 is 5.32 Å². The summed E-state index contributed by atoms with van der Waals surface area (Å²) < 4.78 is 3.35. The molecule has 1 aliphatic heterocycles. The van der Waals surface area contributed by atoms with E-state index in [0.29, 0.717) is 13.1 Å². The quantitative estimate of drug-likeness (QED) is 0.835. The first-order valence-corrected chi connectivity index (χ1v) is 6.95. The Bertz CT molecular complexity index is 519. The zero-order valence-electron chi connectivity index (χ0n) is 12.2. The summed E-state index contributed by atoms with van der Waals surface area (Å²) in [5.74, 6) is 0.924. The molecule has 2 rings (SSSR count). The molecule has 0 atom stereocenters. The first kappa shape index (κ1) is 14.1. The first-order valence-electron chi connectivity index (χ1n) is 6.95.